The Morgan fingerprint density at radius 3 is 2.73 bits per heavy atom. The maximum atomic E-state index is 12.7. The molecule has 2 saturated heterocycles. The summed E-state index contributed by atoms with van der Waals surface area (Å²) in [4.78, 5) is 28.8. The van der Waals surface area contributed by atoms with E-state index < -0.39 is 0 Å². The fraction of sp³-hybridized carbons (Fsp3) is 0.579. The zero-order chi connectivity index (χ0) is 18.5. The third-order valence-electron chi connectivity index (χ3n) is 4.93. The van der Waals surface area contributed by atoms with Crippen molar-refractivity contribution < 1.29 is 19.1 Å². The molecule has 1 aromatic rings. The van der Waals surface area contributed by atoms with Gasteiger partial charge in [-0.25, -0.2) is 0 Å². The van der Waals surface area contributed by atoms with Gasteiger partial charge in [0.05, 0.1) is 19.1 Å². The van der Waals surface area contributed by atoms with E-state index in [0.29, 0.717) is 50.2 Å². The van der Waals surface area contributed by atoms with Crippen molar-refractivity contribution in [1.29, 1.82) is 0 Å². The summed E-state index contributed by atoms with van der Waals surface area (Å²) in [6, 6.07) is 5.32. The Morgan fingerprint density at radius 1 is 1.23 bits per heavy atom. The molecule has 0 spiro atoms. The summed E-state index contributed by atoms with van der Waals surface area (Å²) in [6.07, 6.45) is 1.67. The van der Waals surface area contributed by atoms with E-state index in [1.165, 1.54) is 0 Å². The molecule has 142 valence electrons. The monoisotopic (exact) mass is 380 g/mol. The van der Waals surface area contributed by atoms with Crippen molar-refractivity contribution in [2.24, 2.45) is 5.92 Å². The number of nitrogens with zero attached hydrogens (tertiary/aromatic N) is 2. The molecule has 1 unspecified atom stereocenters. The standard InChI is InChI=1S/C19H25ClN2O4/c1-14-11-16(20)4-5-17(14)26-13-18(23)22-6-2-3-15(12-22)19(24)21-7-9-25-10-8-21/h4-5,11,15H,2-3,6-10,12-13H2,1H3. The fourth-order valence-electron chi connectivity index (χ4n) is 3.45. The number of amides is 2. The lowest BCUT2D eigenvalue weighted by Crippen LogP contribution is -2.50. The predicted octanol–water partition coefficient (Wildman–Crippen LogP) is 2.12. The zero-order valence-corrected chi connectivity index (χ0v) is 15.8. The number of hydrogen-bond acceptors (Lipinski definition) is 4. The van der Waals surface area contributed by atoms with Gasteiger partial charge in [0.15, 0.2) is 6.61 Å². The van der Waals surface area contributed by atoms with Crippen LogP contribution in [0.15, 0.2) is 18.2 Å². The quantitative estimate of drug-likeness (QED) is 0.802. The molecule has 1 aromatic carbocycles. The summed E-state index contributed by atoms with van der Waals surface area (Å²) in [5.41, 5.74) is 0.893. The van der Waals surface area contributed by atoms with Crippen LogP contribution < -0.4 is 4.74 Å². The summed E-state index contributed by atoms with van der Waals surface area (Å²) >= 11 is 5.94. The molecule has 0 aliphatic carbocycles. The second-order valence-corrected chi connectivity index (χ2v) is 7.25. The van der Waals surface area contributed by atoms with Crippen LogP contribution in [0.1, 0.15) is 18.4 Å². The Hall–Kier alpha value is -1.79. The summed E-state index contributed by atoms with van der Waals surface area (Å²) in [5, 5.41) is 0.640. The molecule has 2 aliphatic rings. The number of halogens is 1. The minimum Gasteiger partial charge on any atom is -0.483 e. The van der Waals surface area contributed by atoms with E-state index in [0.717, 1.165) is 18.4 Å². The van der Waals surface area contributed by atoms with Crippen molar-refractivity contribution in [3.8, 4) is 5.75 Å². The molecule has 2 fully saturated rings. The number of ether oxygens (including phenoxy) is 2. The molecule has 0 radical (unpaired) electrons. The van der Waals surface area contributed by atoms with Gasteiger partial charge in [-0.15, -0.1) is 0 Å². The number of aryl methyl sites for hydroxylation is 1. The van der Waals surface area contributed by atoms with Crippen LogP contribution in [-0.4, -0.2) is 67.6 Å². The van der Waals surface area contributed by atoms with Crippen molar-refractivity contribution >= 4 is 23.4 Å². The number of likely N-dealkylation sites (tertiary alicyclic amines) is 1. The summed E-state index contributed by atoms with van der Waals surface area (Å²) in [7, 11) is 0. The lowest BCUT2D eigenvalue weighted by atomic mass is 9.96. The number of hydrogen-bond donors (Lipinski definition) is 0. The summed E-state index contributed by atoms with van der Waals surface area (Å²) < 4.78 is 11.0. The van der Waals surface area contributed by atoms with Gasteiger partial charge in [0.25, 0.3) is 5.91 Å². The molecule has 0 bridgehead atoms. The molecule has 0 saturated carbocycles. The van der Waals surface area contributed by atoms with Crippen LogP contribution in [-0.2, 0) is 14.3 Å². The molecule has 2 heterocycles. The fourth-order valence-corrected chi connectivity index (χ4v) is 3.68. The lowest BCUT2D eigenvalue weighted by molar-refractivity contribution is -0.144. The highest BCUT2D eigenvalue weighted by molar-refractivity contribution is 6.30. The van der Waals surface area contributed by atoms with Gasteiger partial charge in [-0.2, -0.15) is 0 Å². The molecule has 6 nitrogen and oxygen atoms in total. The second-order valence-electron chi connectivity index (χ2n) is 6.82. The largest absolute Gasteiger partial charge is 0.483 e. The third kappa shape index (κ3) is 4.68. The van der Waals surface area contributed by atoms with Crippen molar-refractivity contribution in [3.05, 3.63) is 28.8 Å². The van der Waals surface area contributed by atoms with Gasteiger partial charge < -0.3 is 19.3 Å². The maximum Gasteiger partial charge on any atom is 0.260 e. The van der Waals surface area contributed by atoms with Crippen LogP contribution in [0.3, 0.4) is 0 Å². The Bertz CT molecular complexity index is 661. The first-order valence-electron chi connectivity index (χ1n) is 9.08. The summed E-state index contributed by atoms with van der Waals surface area (Å²) in [5.74, 6) is 0.586. The SMILES string of the molecule is Cc1cc(Cl)ccc1OCC(=O)N1CCCC(C(=O)N2CCOCC2)C1. The first-order chi connectivity index (χ1) is 12.5. The van der Waals surface area contributed by atoms with Gasteiger partial charge >= 0.3 is 0 Å². The minimum atomic E-state index is -0.122. The Morgan fingerprint density at radius 2 is 2.00 bits per heavy atom. The first kappa shape index (κ1) is 19.0. The van der Waals surface area contributed by atoms with Gasteiger partial charge in [0.1, 0.15) is 5.75 Å². The highest BCUT2D eigenvalue weighted by Gasteiger charge is 2.31. The molecular formula is C19H25ClN2O4. The van der Waals surface area contributed by atoms with E-state index in [9.17, 15) is 9.59 Å². The molecule has 0 aromatic heterocycles. The predicted molar refractivity (Wildman–Crippen MR) is 98.4 cm³/mol. The number of carbonyl (C=O) groups excluding carboxylic acids is 2. The normalized spacial score (nSPS) is 20.8. The van der Waals surface area contributed by atoms with Gasteiger partial charge in [0.2, 0.25) is 5.91 Å². The molecule has 2 aliphatic heterocycles. The van der Waals surface area contributed by atoms with Crippen LogP contribution in [0.5, 0.6) is 5.75 Å². The van der Waals surface area contributed by atoms with Crippen LogP contribution in [0.25, 0.3) is 0 Å². The van der Waals surface area contributed by atoms with Gasteiger partial charge in [-0.05, 0) is 43.5 Å². The van der Waals surface area contributed by atoms with Gasteiger partial charge in [-0.1, -0.05) is 11.6 Å². The van der Waals surface area contributed by atoms with Crippen molar-refractivity contribution in [1.82, 2.24) is 9.80 Å². The number of benzene rings is 1. The molecule has 7 heteroatoms. The minimum absolute atomic E-state index is 0.0268. The van der Waals surface area contributed by atoms with Crippen LogP contribution >= 0.6 is 11.6 Å². The Labute approximate surface area is 159 Å². The lowest BCUT2D eigenvalue weighted by Gasteiger charge is -2.36. The zero-order valence-electron chi connectivity index (χ0n) is 15.1. The van der Waals surface area contributed by atoms with Crippen molar-refractivity contribution in [2.75, 3.05) is 46.0 Å². The molecule has 26 heavy (non-hydrogen) atoms. The van der Waals surface area contributed by atoms with Crippen LogP contribution in [0, 0.1) is 12.8 Å². The second kappa shape index (κ2) is 8.73. The topological polar surface area (TPSA) is 59.1 Å². The highest BCUT2D eigenvalue weighted by atomic mass is 35.5. The first-order valence-corrected chi connectivity index (χ1v) is 9.45. The van der Waals surface area contributed by atoms with E-state index in [1.807, 2.05) is 11.8 Å². The van der Waals surface area contributed by atoms with Gasteiger partial charge in [-0.3, -0.25) is 9.59 Å². The molecule has 3 rings (SSSR count). The van der Waals surface area contributed by atoms with Crippen molar-refractivity contribution in [2.45, 2.75) is 19.8 Å². The number of rotatable bonds is 4. The van der Waals surface area contributed by atoms with Crippen molar-refractivity contribution in [3.63, 3.8) is 0 Å². The van der Waals surface area contributed by atoms with E-state index in [2.05, 4.69) is 0 Å². The number of morpholine rings is 1. The molecule has 2 amide bonds. The average Bonchev–Trinajstić information content (AvgIpc) is 2.67. The van der Waals surface area contributed by atoms with E-state index >= 15 is 0 Å². The maximum absolute atomic E-state index is 12.7. The Balaban J connectivity index is 1.53. The van der Waals surface area contributed by atoms with E-state index in [-0.39, 0.29) is 24.3 Å². The van der Waals surface area contributed by atoms with E-state index in [4.69, 9.17) is 21.1 Å². The van der Waals surface area contributed by atoms with E-state index in [1.54, 1.807) is 23.1 Å². The molecule has 1 atom stereocenters. The molecular weight excluding hydrogens is 356 g/mol. The average molecular weight is 381 g/mol. The third-order valence-corrected chi connectivity index (χ3v) is 5.17. The summed E-state index contributed by atoms with van der Waals surface area (Å²) in [6.45, 7) is 5.48. The number of carbonyl (C=O) groups is 2. The smallest absolute Gasteiger partial charge is 0.260 e. The number of piperidine rings is 1. The van der Waals surface area contributed by atoms with Crippen LogP contribution in [0.2, 0.25) is 5.02 Å². The Kier molecular flexibility index (Phi) is 6.38. The van der Waals surface area contributed by atoms with Gasteiger partial charge in [0, 0.05) is 31.2 Å². The highest BCUT2D eigenvalue weighted by Crippen LogP contribution is 2.23. The molecule has 0 N–H and O–H groups in total. The van der Waals surface area contributed by atoms with Crippen LogP contribution in [0.4, 0.5) is 0 Å².